The second-order valence-electron chi connectivity index (χ2n) is 2.42. The fourth-order valence-corrected chi connectivity index (χ4v) is 1.07. The number of rotatable bonds is 2. The van der Waals surface area contributed by atoms with Crippen LogP contribution in [0.2, 0.25) is 0 Å². The molecule has 0 spiro atoms. The van der Waals surface area contributed by atoms with E-state index in [2.05, 4.69) is 6.92 Å². The van der Waals surface area contributed by atoms with Gasteiger partial charge in [-0.25, -0.2) is 0 Å². The summed E-state index contributed by atoms with van der Waals surface area (Å²) >= 11 is 0. The minimum atomic E-state index is 0.794. The average Bonchev–Trinajstić information content (AvgIpc) is 2.04. The van der Waals surface area contributed by atoms with Gasteiger partial charge in [-0.05, 0) is 30.2 Å². The van der Waals surface area contributed by atoms with Gasteiger partial charge in [0.2, 0.25) is 0 Å². The molecule has 0 aliphatic carbocycles. The number of nitrogen functional groups attached to an aromatic ring is 1. The summed E-state index contributed by atoms with van der Waals surface area (Å²) in [5.74, 6) is 0.918. The second kappa shape index (κ2) is 3.28. The number of methoxy groups -OCH3 is 1. The van der Waals surface area contributed by atoms with E-state index >= 15 is 0 Å². The lowest BCUT2D eigenvalue weighted by atomic mass is 10.1. The van der Waals surface area contributed by atoms with E-state index in [9.17, 15) is 0 Å². The predicted molar refractivity (Wildman–Crippen MR) is 46.8 cm³/mol. The molecule has 0 fully saturated rings. The highest BCUT2D eigenvalue weighted by atomic mass is 16.5. The quantitative estimate of drug-likeness (QED) is 0.654. The molecule has 2 nitrogen and oxygen atoms in total. The van der Waals surface area contributed by atoms with E-state index in [1.807, 2.05) is 18.2 Å². The molecule has 2 N–H and O–H groups in total. The van der Waals surface area contributed by atoms with Crippen molar-refractivity contribution in [3.8, 4) is 5.75 Å². The Kier molecular flexibility index (Phi) is 2.36. The van der Waals surface area contributed by atoms with Gasteiger partial charge < -0.3 is 10.5 Å². The number of nitrogens with two attached hydrogens (primary N) is 1. The van der Waals surface area contributed by atoms with Gasteiger partial charge in [0.05, 0.1) is 7.11 Å². The van der Waals surface area contributed by atoms with Crippen LogP contribution in [0, 0.1) is 0 Å². The summed E-state index contributed by atoms with van der Waals surface area (Å²) in [6.45, 7) is 2.08. The molecular formula is C9H13NO. The van der Waals surface area contributed by atoms with Gasteiger partial charge in [0.1, 0.15) is 5.75 Å². The molecule has 1 rings (SSSR count). The van der Waals surface area contributed by atoms with E-state index in [0.29, 0.717) is 0 Å². The summed E-state index contributed by atoms with van der Waals surface area (Å²) < 4.78 is 5.14. The molecule has 0 aliphatic heterocycles. The van der Waals surface area contributed by atoms with Crippen LogP contribution in [-0.4, -0.2) is 7.11 Å². The summed E-state index contributed by atoms with van der Waals surface area (Å²) in [5.41, 5.74) is 7.56. The van der Waals surface area contributed by atoms with E-state index in [0.717, 1.165) is 23.4 Å². The Bertz CT molecular complexity index is 245. The number of anilines is 1. The maximum absolute atomic E-state index is 5.60. The van der Waals surface area contributed by atoms with Crippen molar-refractivity contribution >= 4 is 5.69 Å². The summed E-state index contributed by atoms with van der Waals surface area (Å²) in [7, 11) is 1.67. The summed E-state index contributed by atoms with van der Waals surface area (Å²) in [4.78, 5) is 0. The van der Waals surface area contributed by atoms with E-state index in [1.165, 1.54) is 0 Å². The van der Waals surface area contributed by atoms with Gasteiger partial charge in [-0.15, -0.1) is 0 Å². The first-order valence-corrected chi connectivity index (χ1v) is 3.70. The Morgan fingerprint density at radius 1 is 1.45 bits per heavy atom. The van der Waals surface area contributed by atoms with Crippen LogP contribution in [-0.2, 0) is 6.42 Å². The number of benzene rings is 1. The molecule has 0 heterocycles. The van der Waals surface area contributed by atoms with Crippen molar-refractivity contribution < 1.29 is 4.74 Å². The average molecular weight is 151 g/mol. The SMILES string of the molecule is CCc1cc(N)ccc1OC. The molecule has 0 aliphatic rings. The Morgan fingerprint density at radius 3 is 2.73 bits per heavy atom. The summed E-state index contributed by atoms with van der Waals surface area (Å²) in [6, 6.07) is 5.69. The fraction of sp³-hybridized carbons (Fsp3) is 0.333. The Labute approximate surface area is 67.0 Å². The number of hydrogen-bond acceptors (Lipinski definition) is 2. The van der Waals surface area contributed by atoms with Gasteiger partial charge in [-0.2, -0.15) is 0 Å². The molecule has 0 aromatic heterocycles. The zero-order chi connectivity index (χ0) is 8.27. The lowest BCUT2D eigenvalue weighted by Crippen LogP contribution is -1.92. The van der Waals surface area contributed by atoms with Gasteiger partial charge in [0.15, 0.2) is 0 Å². The fourth-order valence-electron chi connectivity index (χ4n) is 1.07. The van der Waals surface area contributed by atoms with Crippen LogP contribution in [0.4, 0.5) is 5.69 Å². The molecule has 60 valence electrons. The molecule has 0 unspecified atom stereocenters. The predicted octanol–water partition coefficient (Wildman–Crippen LogP) is 1.84. The van der Waals surface area contributed by atoms with Crippen LogP contribution in [0.15, 0.2) is 18.2 Å². The third kappa shape index (κ3) is 1.64. The number of aryl methyl sites for hydroxylation is 1. The zero-order valence-corrected chi connectivity index (χ0v) is 6.92. The topological polar surface area (TPSA) is 35.2 Å². The van der Waals surface area contributed by atoms with E-state index in [1.54, 1.807) is 7.11 Å². The van der Waals surface area contributed by atoms with E-state index in [-0.39, 0.29) is 0 Å². The molecule has 2 heteroatoms. The molecule has 0 atom stereocenters. The lowest BCUT2D eigenvalue weighted by molar-refractivity contribution is 0.410. The molecule has 0 radical (unpaired) electrons. The van der Waals surface area contributed by atoms with Gasteiger partial charge >= 0.3 is 0 Å². The first kappa shape index (κ1) is 7.92. The molecule has 0 saturated carbocycles. The van der Waals surface area contributed by atoms with Gasteiger partial charge in [-0.3, -0.25) is 0 Å². The van der Waals surface area contributed by atoms with Crippen LogP contribution in [0.1, 0.15) is 12.5 Å². The van der Waals surface area contributed by atoms with Crippen LogP contribution in [0.5, 0.6) is 5.75 Å². The van der Waals surface area contributed by atoms with Crippen molar-refractivity contribution in [2.75, 3.05) is 12.8 Å². The van der Waals surface area contributed by atoms with Crippen molar-refractivity contribution in [1.29, 1.82) is 0 Å². The van der Waals surface area contributed by atoms with Crippen LogP contribution in [0.25, 0.3) is 0 Å². The largest absolute Gasteiger partial charge is 0.496 e. The van der Waals surface area contributed by atoms with Gasteiger partial charge in [-0.1, -0.05) is 6.92 Å². The minimum absolute atomic E-state index is 0.794. The third-order valence-corrected chi connectivity index (χ3v) is 1.69. The molecule has 0 saturated heterocycles. The van der Waals surface area contributed by atoms with Gasteiger partial charge in [0.25, 0.3) is 0 Å². The van der Waals surface area contributed by atoms with Crippen molar-refractivity contribution in [3.63, 3.8) is 0 Å². The first-order valence-electron chi connectivity index (χ1n) is 3.70. The molecule has 1 aromatic rings. The highest BCUT2D eigenvalue weighted by molar-refractivity contribution is 5.47. The number of hydrogen-bond donors (Lipinski definition) is 1. The lowest BCUT2D eigenvalue weighted by Gasteiger charge is -2.06. The van der Waals surface area contributed by atoms with E-state index in [4.69, 9.17) is 10.5 Å². The molecule has 11 heavy (non-hydrogen) atoms. The Balaban J connectivity index is 3.06. The highest BCUT2D eigenvalue weighted by Gasteiger charge is 1.99. The van der Waals surface area contributed by atoms with Crippen molar-refractivity contribution in [2.45, 2.75) is 13.3 Å². The Hall–Kier alpha value is -1.18. The monoisotopic (exact) mass is 151 g/mol. The molecule has 0 bridgehead atoms. The second-order valence-corrected chi connectivity index (χ2v) is 2.42. The van der Waals surface area contributed by atoms with Crippen molar-refractivity contribution in [1.82, 2.24) is 0 Å². The summed E-state index contributed by atoms with van der Waals surface area (Å²) in [6.07, 6.45) is 0.953. The number of ether oxygens (including phenoxy) is 1. The third-order valence-electron chi connectivity index (χ3n) is 1.69. The van der Waals surface area contributed by atoms with Crippen LogP contribution >= 0.6 is 0 Å². The molecule has 0 amide bonds. The maximum Gasteiger partial charge on any atom is 0.122 e. The van der Waals surface area contributed by atoms with E-state index < -0.39 is 0 Å². The Morgan fingerprint density at radius 2 is 2.18 bits per heavy atom. The first-order chi connectivity index (χ1) is 5.27. The van der Waals surface area contributed by atoms with Crippen LogP contribution in [0.3, 0.4) is 0 Å². The molecule has 1 aromatic carbocycles. The molecular weight excluding hydrogens is 138 g/mol. The van der Waals surface area contributed by atoms with Gasteiger partial charge in [0, 0.05) is 5.69 Å². The normalized spacial score (nSPS) is 9.64. The maximum atomic E-state index is 5.60. The minimum Gasteiger partial charge on any atom is -0.496 e. The highest BCUT2D eigenvalue weighted by Crippen LogP contribution is 2.20. The standard InChI is InChI=1S/C9H13NO/c1-3-7-6-8(10)4-5-9(7)11-2/h4-6H,3,10H2,1-2H3. The van der Waals surface area contributed by atoms with Crippen LogP contribution < -0.4 is 10.5 Å². The van der Waals surface area contributed by atoms with Crippen molar-refractivity contribution in [3.05, 3.63) is 23.8 Å². The van der Waals surface area contributed by atoms with Crippen molar-refractivity contribution in [2.24, 2.45) is 0 Å². The summed E-state index contributed by atoms with van der Waals surface area (Å²) in [5, 5.41) is 0. The smallest absolute Gasteiger partial charge is 0.122 e. The zero-order valence-electron chi connectivity index (χ0n) is 6.92.